The molecule has 2 aromatic carbocycles. The number of aromatic hydroxyl groups is 1. The number of nitrogens with zero attached hydrogens (tertiary/aromatic N) is 1. The lowest BCUT2D eigenvalue weighted by atomic mass is 10.0. The number of benzene rings is 2. The van der Waals surface area contributed by atoms with E-state index in [1.165, 1.54) is 7.11 Å². The van der Waals surface area contributed by atoms with Crippen LogP contribution in [0.1, 0.15) is 21.5 Å². The Bertz CT molecular complexity index is 741. The van der Waals surface area contributed by atoms with Crippen molar-refractivity contribution in [1.82, 2.24) is 0 Å². The summed E-state index contributed by atoms with van der Waals surface area (Å²) in [6.07, 6.45) is 2.47. The van der Waals surface area contributed by atoms with Crippen LogP contribution in [0, 0.1) is 0 Å². The molecule has 0 saturated carbocycles. The van der Waals surface area contributed by atoms with Crippen LogP contribution in [0.3, 0.4) is 0 Å². The second-order valence-corrected chi connectivity index (χ2v) is 5.91. The summed E-state index contributed by atoms with van der Waals surface area (Å²) in [5.74, 6) is -0.0338. The van der Waals surface area contributed by atoms with Gasteiger partial charge in [-0.15, -0.1) is 11.8 Å². The van der Waals surface area contributed by atoms with E-state index in [1.54, 1.807) is 24.0 Å². The van der Waals surface area contributed by atoms with E-state index in [0.717, 1.165) is 21.7 Å². The summed E-state index contributed by atoms with van der Waals surface area (Å²) >= 11 is 1.60. The molecule has 4 nitrogen and oxygen atoms in total. The maximum absolute atomic E-state index is 12.0. The fourth-order valence-corrected chi connectivity index (χ4v) is 3.41. The maximum atomic E-state index is 12.0. The van der Waals surface area contributed by atoms with Gasteiger partial charge in [-0.05, 0) is 23.8 Å². The van der Waals surface area contributed by atoms with Crippen molar-refractivity contribution in [2.75, 3.05) is 7.11 Å². The molecular formula is C17H15NO3S. The first-order valence-corrected chi connectivity index (χ1v) is 7.85. The van der Waals surface area contributed by atoms with Crippen LogP contribution in [-0.4, -0.2) is 24.4 Å². The summed E-state index contributed by atoms with van der Waals surface area (Å²) < 4.78 is 4.81. The molecule has 112 valence electrons. The molecule has 0 unspecified atom stereocenters. The molecular weight excluding hydrogens is 298 g/mol. The van der Waals surface area contributed by atoms with Gasteiger partial charge >= 0.3 is 5.97 Å². The fourth-order valence-electron chi connectivity index (χ4n) is 2.47. The molecule has 0 saturated heterocycles. The first-order chi connectivity index (χ1) is 10.7. The third kappa shape index (κ3) is 2.72. The summed E-state index contributed by atoms with van der Waals surface area (Å²) in [6, 6.07) is 11.5. The minimum Gasteiger partial charge on any atom is -0.507 e. The predicted molar refractivity (Wildman–Crippen MR) is 87.3 cm³/mol. The van der Waals surface area contributed by atoms with E-state index in [0.29, 0.717) is 12.2 Å². The fraction of sp³-hybridized carbons (Fsp3) is 0.176. The van der Waals surface area contributed by atoms with Crippen LogP contribution < -0.4 is 0 Å². The van der Waals surface area contributed by atoms with Crippen molar-refractivity contribution >= 4 is 29.6 Å². The number of esters is 1. The number of carbonyl (C=O) groups is 1. The Hall–Kier alpha value is -2.27. The molecule has 0 amide bonds. The molecule has 3 rings (SSSR count). The zero-order valence-electron chi connectivity index (χ0n) is 12.1. The summed E-state index contributed by atoms with van der Waals surface area (Å²) in [7, 11) is 1.31. The van der Waals surface area contributed by atoms with E-state index < -0.39 is 5.97 Å². The van der Waals surface area contributed by atoms with Crippen LogP contribution in [0.2, 0.25) is 0 Å². The summed E-state index contributed by atoms with van der Waals surface area (Å²) in [4.78, 5) is 17.5. The molecule has 22 heavy (non-hydrogen) atoms. The minimum absolute atomic E-state index is 0.0419. The standard InChI is InChI=1S/C17H15NO3S/c1-21-17(20)15-13(10-22-12-5-3-2-4-6-12)16-11(7-8-18-16)9-14(15)19/h2-6,8-9,19H,7,10H2,1H3. The number of hydrogen-bond donors (Lipinski definition) is 1. The first kappa shape index (κ1) is 14.7. The zero-order valence-corrected chi connectivity index (χ0v) is 12.9. The van der Waals surface area contributed by atoms with Gasteiger partial charge in [0.2, 0.25) is 0 Å². The van der Waals surface area contributed by atoms with Crippen molar-refractivity contribution < 1.29 is 14.6 Å². The molecule has 0 bridgehead atoms. The van der Waals surface area contributed by atoms with Gasteiger partial charge in [0.25, 0.3) is 0 Å². The van der Waals surface area contributed by atoms with E-state index in [9.17, 15) is 9.90 Å². The largest absolute Gasteiger partial charge is 0.507 e. The van der Waals surface area contributed by atoms with Crippen LogP contribution >= 0.6 is 11.8 Å². The summed E-state index contributed by atoms with van der Waals surface area (Å²) in [6.45, 7) is 0. The van der Waals surface area contributed by atoms with Crippen molar-refractivity contribution in [3.8, 4) is 5.75 Å². The monoisotopic (exact) mass is 313 g/mol. The van der Waals surface area contributed by atoms with Gasteiger partial charge in [0.15, 0.2) is 0 Å². The third-order valence-electron chi connectivity index (χ3n) is 3.51. The number of ether oxygens (including phenoxy) is 1. The third-order valence-corrected chi connectivity index (χ3v) is 4.54. The van der Waals surface area contributed by atoms with Crippen molar-refractivity contribution in [3.05, 3.63) is 53.1 Å². The number of fused-ring (bicyclic) bond motifs is 1. The summed E-state index contributed by atoms with van der Waals surface area (Å²) in [5.41, 5.74) is 2.66. The Balaban J connectivity index is 2.00. The lowest BCUT2D eigenvalue weighted by Crippen LogP contribution is -2.06. The Kier molecular flexibility index (Phi) is 4.15. The molecule has 0 fully saturated rings. The normalized spacial score (nSPS) is 12.2. The van der Waals surface area contributed by atoms with E-state index >= 15 is 0 Å². The van der Waals surface area contributed by atoms with Gasteiger partial charge in [-0.25, -0.2) is 4.79 Å². The maximum Gasteiger partial charge on any atom is 0.342 e. The summed E-state index contributed by atoms with van der Waals surface area (Å²) in [5, 5.41) is 10.2. The van der Waals surface area contributed by atoms with E-state index in [1.807, 2.05) is 30.3 Å². The number of methoxy groups -OCH3 is 1. The number of phenolic OH excluding ortho intramolecular Hbond substituents is 1. The Morgan fingerprint density at radius 1 is 1.36 bits per heavy atom. The molecule has 0 radical (unpaired) electrons. The van der Waals surface area contributed by atoms with Crippen molar-refractivity contribution in [2.45, 2.75) is 17.1 Å². The number of hydrogen-bond acceptors (Lipinski definition) is 5. The number of aliphatic imine (C=N–C) groups is 1. The van der Waals surface area contributed by atoms with Crippen molar-refractivity contribution in [2.24, 2.45) is 4.99 Å². The molecule has 0 spiro atoms. The second-order valence-electron chi connectivity index (χ2n) is 4.87. The smallest absolute Gasteiger partial charge is 0.342 e. The van der Waals surface area contributed by atoms with Gasteiger partial charge in [0.1, 0.15) is 11.3 Å². The predicted octanol–water partition coefficient (Wildman–Crippen LogP) is 3.73. The topological polar surface area (TPSA) is 58.9 Å². The van der Waals surface area contributed by atoms with Crippen LogP contribution in [0.4, 0.5) is 5.69 Å². The lowest BCUT2D eigenvalue weighted by molar-refractivity contribution is 0.0596. The van der Waals surface area contributed by atoms with E-state index in [4.69, 9.17) is 4.74 Å². The van der Waals surface area contributed by atoms with Gasteiger partial charge in [0, 0.05) is 28.8 Å². The quantitative estimate of drug-likeness (QED) is 0.690. The van der Waals surface area contributed by atoms with Gasteiger partial charge in [-0.3, -0.25) is 4.99 Å². The molecule has 1 N–H and O–H groups in total. The van der Waals surface area contributed by atoms with Crippen LogP contribution in [0.5, 0.6) is 5.75 Å². The highest BCUT2D eigenvalue weighted by molar-refractivity contribution is 7.98. The number of rotatable bonds is 4. The highest BCUT2D eigenvalue weighted by atomic mass is 32.2. The van der Waals surface area contributed by atoms with Gasteiger partial charge in [-0.1, -0.05) is 18.2 Å². The van der Waals surface area contributed by atoms with E-state index in [-0.39, 0.29) is 11.3 Å². The lowest BCUT2D eigenvalue weighted by Gasteiger charge is -2.13. The number of carbonyl (C=O) groups excluding carboxylic acids is 1. The van der Waals surface area contributed by atoms with Gasteiger partial charge in [0.05, 0.1) is 12.8 Å². The molecule has 1 heterocycles. The van der Waals surface area contributed by atoms with E-state index in [2.05, 4.69) is 4.99 Å². The second kappa shape index (κ2) is 6.23. The SMILES string of the molecule is COC(=O)c1c(O)cc2c(c1CSc1ccccc1)N=CC2. The Morgan fingerprint density at radius 2 is 2.14 bits per heavy atom. The molecule has 5 heteroatoms. The Labute approximate surface area is 132 Å². The number of phenols is 1. The molecule has 0 aromatic heterocycles. The average Bonchev–Trinajstić information content (AvgIpc) is 3.00. The Morgan fingerprint density at radius 3 is 2.86 bits per heavy atom. The van der Waals surface area contributed by atoms with Crippen LogP contribution in [-0.2, 0) is 16.9 Å². The average molecular weight is 313 g/mol. The van der Waals surface area contributed by atoms with Gasteiger partial charge in [-0.2, -0.15) is 0 Å². The molecule has 1 aliphatic heterocycles. The zero-order chi connectivity index (χ0) is 15.5. The molecule has 0 aliphatic carbocycles. The van der Waals surface area contributed by atoms with Crippen LogP contribution in [0.15, 0.2) is 46.3 Å². The first-order valence-electron chi connectivity index (χ1n) is 6.87. The number of thioether (sulfide) groups is 1. The minimum atomic E-state index is -0.536. The van der Waals surface area contributed by atoms with Crippen molar-refractivity contribution in [3.63, 3.8) is 0 Å². The van der Waals surface area contributed by atoms with Gasteiger partial charge < -0.3 is 9.84 Å². The molecule has 2 aromatic rings. The highest BCUT2D eigenvalue weighted by Crippen LogP contribution is 2.40. The molecule has 1 aliphatic rings. The highest BCUT2D eigenvalue weighted by Gasteiger charge is 2.24. The molecule has 0 atom stereocenters. The van der Waals surface area contributed by atoms with Crippen LogP contribution in [0.25, 0.3) is 0 Å². The van der Waals surface area contributed by atoms with Crippen molar-refractivity contribution in [1.29, 1.82) is 0 Å².